The second-order valence-corrected chi connectivity index (χ2v) is 5.08. The Morgan fingerprint density at radius 2 is 1.75 bits per heavy atom. The molecule has 0 saturated heterocycles. The molecule has 7 nitrogen and oxygen atoms in total. The molecular formula is C10H8F2N4O3S. The van der Waals surface area contributed by atoms with Crippen molar-refractivity contribution in [2.24, 2.45) is 0 Å². The first-order valence-corrected chi connectivity index (χ1v) is 6.54. The summed E-state index contributed by atoms with van der Waals surface area (Å²) in [5.41, 5.74) is 5.41. The predicted octanol–water partition coefficient (Wildman–Crippen LogP) is 1.33. The van der Waals surface area contributed by atoms with Crippen molar-refractivity contribution in [1.82, 2.24) is 9.97 Å². The van der Waals surface area contributed by atoms with Gasteiger partial charge in [-0.25, -0.2) is 0 Å². The van der Waals surface area contributed by atoms with E-state index in [0.717, 1.165) is 12.1 Å². The van der Waals surface area contributed by atoms with Crippen LogP contribution >= 0.6 is 0 Å². The highest BCUT2D eigenvalue weighted by Crippen LogP contribution is 2.23. The molecule has 1 aromatic carbocycles. The van der Waals surface area contributed by atoms with Crippen LogP contribution in [0.5, 0.6) is 0 Å². The van der Waals surface area contributed by atoms with Gasteiger partial charge in [0.2, 0.25) is 17.8 Å². The van der Waals surface area contributed by atoms with Crippen LogP contribution in [0.3, 0.4) is 0 Å². The van der Waals surface area contributed by atoms with Gasteiger partial charge in [-0.3, -0.25) is 4.55 Å². The molecule has 0 fully saturated rings. The van der Waals surface area contributed by atoms with Crippen molar-refractivity contribution < 1.29 is 21.8 Å². The van der Waals surface area contributed by atoms with E-state index in [9.17, 15) is 17.2 Å². The molecule has 0 atom stereocenters. The Morgan fingerprint density at radius 3 is 2.25 bits per heavy atom. The lowest BCUT2D eigenvalue weighted by atomic mass is 10.3. The lowest BCUT2D eigenvalue weighted by molar-refractivity contribution is 0.483. The van der Waals surface area contributed by atoms with E-state index < -0.39 is 26.9 Å². The maximum absolute atomic E-state index is 12.9. The number of nitrogens with one attached hydrogen (secondary N) is 1. The number of aromatic nitrogens is 2. The predicted molar refractivity (Wildman–Crippen MR) is 65.9 cm³/mol. The standard InChI is InChI=1S/C10H8F2N4O3S/c11-8-4-9(12)16-10(15-8)14-5-1-2-7(6(13)3-5)20(17,18)19/h1-4H,13H2,(H,14,15,16)(H,17,18,19). The fourth-order valence-corrected chi connectivity index (χ4v) is 2.03. The summed E-state index contributed by atoms with van der Waals surface area (Å²) in [4.78, 5) is 6.11. The fourth-order valence-electron chi connectivity index (χ4n) is 1.44. The normalized spacial score (nSPS) is 11.3. The zero-order chi connectivity index (χ0) is 14.9. The van der Waals surface area contributed by atoms with E-state index in [1.807, 2.05) is 0 Å². The second-order valence-electron chi connectivity index (χ2n) is 3.69. The first-order chi connectivity index (χ1) is 9.25. The Bertz CT molecular complexity index is 747. The van der Waals surface area contributed by atoms with Crippen LogP contribution in [0.2, 0.25) is 0 Å². The van der Waals surface area contributed by atoms with E-state index in [-0.39, 0.29) is 17.3 Å². The van der Waals surface area contributed by atoms with Crippen LogP contribution in [0, 0.1) is 11.9 Å². The molecule has 1 heterocycles. The van der Waals surface area contributed by atoms with E-state index in [2.05, 4.69) is 15.3 Å². The van der Waals surface area contributed by atoms with Gasteiger partial charge in [0.05, 0.1) is 5.69 Å². The summed E-state index contributed by atoms with van der Waals surface area (Å²) in [6, 6.07) is 3.91. The maximum Gasteiger partial charge on any atom is 0.296 e. The van der Waals surface area contributed by atoms with Gasteiger partial charge in [0, 0.05) is 11.8 Å². The first-order valence-electron chi connectivity index (χ1n) is 5.10. The van der Waals surface area contributed by atoms with Crippen LogP contribution in [-0.4, -0.2) is 22.9 Å². The van der Waals surface area contributed by atoms with Gasteiger partial charge in [-0.05, 0) is 18.2 Å². The molecule has 0 saturated carbocycles. The molecule has 1 aromatic heterocycles. The van der Waals surface area contributed by atoms with Gasteiger partial charge >= 0.3 is 0 Å². The van der Waals surface area contributed by atoms with Gasteiger partial charge in [0.1, 0.15) is 4.90 Å². The molecule has 2 aromatic rings. The SMILES string of the molecule is Nc1cc(Nc2nc(F)cc(F)n2)ccc1S(=O)(=O)O. The van der Waals surface area contributed by atoms with E-state index in [4.69, 9.17) is 10.3 Å². The van der Waals surface area contributed by atoms with Gasteiger partial charge in [0.15, 0.2) is 0 Å². The van der Waals surface area contributed by atoms with Crippen LogP contribution in [0.15, 0.2) is 29.2 Å². The minimum Gasteiger partial charge on any atom is -0.398 e. The Morgan fingerprint density at radius 1 is 1.15 bits per heavy atom. The molecule has 4 N–H and O–H groups in total. The third-order valence-electron chi connectivity index (χ3n) is 2.21. The molecule has 0 aliphatic carbocycles. The molecular weight excluding hydrogens is 294 g/mol. The fraction of sp³-hybridized carbons (Fsp3) is 0. The van der Waals surface area contributed by atoms with Gasteiger partial charge in [-0.15, -0.1) is 0 Å². The average Bonchev–Trinajstić information content (AvgIpc) is 2.25. The molecule has 0 aliphatic heterocycles. The van der Waals surface area contributed by atoms with Gasteiger partial charge in [-0.1, -0.05) is 0 Å². The molecule has 0 amide bonds. The Balaban J connectivity index is 2.33. The number of benzene rings is 1. The Labute approximate surface area is 112 Å². The van der Waals surface area contributed by atoms with Crippen molar-refractivity contribution >= 4 is 27.4 Å². The summed E-state index contributed by atoms with van der Waals surface area (Å²) in [5.74, 6) is -2.49. The van der Waals surface area contributed by atoms with Crippen molar-refractivity contribution in [3.63, 3.8) is 0 Å². The van der Waals surface area contributed by atoms with Gasteiger partial charge < -0.3 is 11.1 Å². The van der Waals surface area contributed by atoms with E-state index in [1.54, 1.807) is 0 Å². The van der Waals surface area contributed by atoms with Crippen molar-refractivity contribution in [2.45, 2.75) is 4.90 Å². The second kappa shape index (κ2) is 4.98. The summed E-state index contributed by atoms with van der Waals surface area (Å²) in [7, 11) is -4.44. The monoisotopic (exact) mass is 302 g/mol. The van der Waals surface area contributed by atoms with E-state index >= 15 is 0 Å². The van der Waals surface area contributed by atoms with Crippen LogP contribution in [0.25, 0.3) is 0 Å². The number of nitrogens with zero attached hydrogens (tertiary/aromatic N) is 2. The first kappa shape index (κ1) is 14.1. The number of hydrogen-bond donors (Lipinski definition) is 3. The zero-order valence-electron chi connectivity index (χ0n) is 9.71. The van der Waals surface area contributed by atoms with Crippen LogP contribution < -0.4 is 11.1 Å². The minimum absolute atomic E-state index is 0.194. The maximum atomic E-state index is 12.9. The molecule has 0 bridgehead atoms. The molecule has 10 heteroatoms. The molecule has 0 spiro atoms. The number of halogens is 2. The third kappa shape index (κ3) is 3.16. The zero-order valence-corrected chi connectivity index (χ0v) is 10.5. The number of anilines is 3. The summed E-state index contributed by atoms with van der Waals surface area (Å²) >= 11 is 0. The molecule has 106 valence electrons. The van der Waals surface area contributed by atoms with Gasteiger partial charge in [-0.2, -0.15) is 27.2 Å². The average molecular weight is 302 g/mol. The van der Waals surface area contributed by atoms with Crippen LogP contribution in [0.1, 0.15) is 0 Å². The highest BCUT2D eigenvalue weighted by Gasteiger charge is 2.14. The highest BCUT2D eigenvalue weighted by molar-refractivity contribution is 7.86. The number of hydrogen-bond acceptors (Lipinski definition) is 6. The molecule has 2 rings (SSSR count). The minimum atomic E-state index is -4.44. The Hall–Kier alpha value is -2.33. The highest BCUT2D eigenvalue weighted by atomic mass is 32.2. The molecule has 0 aliphatic rings. The van der Waals surface area contributed by atoms with Crippen molar-refractivity contribution in [1.29, 1.82) is 0 Å². The third-order valence-corrected chi connectivity index (χ3v) is 3.14. The quantitative estimate of drug-likeness (QED) is 0.444. The molecule has 20 heavy (non-hydrogen) atoms. The lowest BCUT2D eigenvalue weighted by Crippen LogP contribution is -2.05. The number of rotatable bonds is 3. The summed E-state index contributed by atoms with van der Waals surface area (Å²) in [6.07, 6.45) is 0. The number of nitrogen functional groups attached to an aromatic ring is 1. The van der Waals surface area contributed by atoms with E-state index in [0.29, 0.717) is 6.07 Å². The Kier molecular flexibility index (Phi) is 3.51. The molecule has 0 radical (unpaired) electrons. The van der Waals surface area contributed by atoms with Crippen LogP contribution in [0.4, 0.5) is 26.1 Å². The molecule has 0 unspecified atom stereocenters. The van der Waals surface area contributed by atoms with Crippen molar-refractivity contribution in [3.8, 4) is 0 Å². The summed E-state index contributed by atoms with van der Waals surface area (Å²) < 4.78 is 56.5. The smallest absolute Gasteiger partial charge is 0.296 e. The summed E-state index contributed by atoms with van der Waals surface area (Å²) in [6.45, 7) is 0. The largest absolute Gasteiger partial charge is 0.398 e. The topological polar surface area (TPSA) is 118 Å². The summed E-state index contributed by atoms with van der Waals surface area (Å²) in [5, 5.41) is 2.45. The lowest BCUT2D eigenvalue weighted by Gasteiger charge is -2.07. The van der Waals surface area contributed by atoms with Gasteiger partial charge in [0.25, 0.3) is 10.1 Å². The van der Waals surface area contributed by atoms with E-state index in [1.165, 1.54) is 6.07 Å². The van der Waals surface area contributed by atoms with Crippen molar-refractivity contribution in [2.75, 3.05) is 11.1 Å². The number of nitrogens with two attached hydrogens (primary N) is 1. The van der Waals surface area contributed by atoms with Crippen molar-refractivity contribution in [3.05, 3.63) is 36.2 Å². The van der Waals surface area contributed by atoms with Crippen LogP contribution in [-0.2, 0) is 10.1 Å².